The maximum atomic E-state index is 11.8. The number of fused-ring (bicyclic) bond motifs is 1. The normalized spacial score (nSPS) is 12.3. The zero-order chi connectivity index (χ0) is 20.8. The van der Waals surface area contributed by atoms with Gasteiger partial charge in [-0.25, -0.2) is 31.3 Å². The van der Waals surface area contributed by atoms with E-state index in [1.54, 1.807) is 28.9 Å². The molecule has 0 saturated carbocycles. The van der Waals surface area contributed by atoms with E-state index >= 15 is 0 Å². The highest BCUT2D eigenvalue weighted by Gasteiger charge is 2.14. The Labute approximate surface area is 166 Å². The summed E-state index contributed by atoms with van der Waals surface area (Å²) in [4.78, 5) is 12.4. The Morgan fingerprint density at radius 2 is 1.59 bits per heavy atom. The van der Waals surface area contributed by atoms with Gasteiger partial charge in [0.1, 0.15) is 0 Å². The third-order valence-electron chi connectivity index (χ3n) is 4.21. The van der Waals surface area contributed by atoms with Crippen LogP contribution in [0.4, 0.5) is 0 Å². The standard InChI is InChI=1S/C18H15N5O4S2/c1-28(24,25)14-7-13(8-19-10-14)15-4-5-17-20-11-16(23(17)22-15)12-3-6-18(21-9-12)29(2,26)27/h3-11H,1-2H3. The molecule has 0 amide bonds. The largest absolute Gasteiger partial charge is 0.263 e. The minimum Gasteiger partial charge on any atom is -0.263 e. The van der Waals surface area contributed by atoms with Crippen molar-refractivity contribution in [3.05, 3.63) is 55.1 Å². The van der Waals surface area contributed by atoms with Crippen LogP contribution in [0.25, 0.3) is 28.2 Å². The van der Waals surface area contributed by atoms with Gasteiger partial charge in [-0.2, -0.15) is 5.10 Å². The summed E-state index contributed by atoms with van der Waals surface area (Å²) in [6.07, 6.45) is 8.08. The second kappa shape index (κ2) is 6.71. The lowest BCUT2D eigenvalue weighted by Gasteiger charge is -2.06. The Kier molecular flexibility index (Phi) is 4.43. The maximum Gasteiger partial charge on any atom is 0.192 e. The van der Waals surface area contributed by atoms with Crippen molar-refractivity contribution < 1.29 is 16.8 Å². The van der Waals surface area contributed by atoms with Crippen LogP contribution in [0.5, 0.6) is 0 Å². The molecule has 4 rings (SSSR count). The molecule has 4 aromatic heterocycles. The molecule has 0 fully saturated rings. The summed E-state index contributed by atoms with van der Waals surface area (Å²) in [5, 5.41) is 4.53. The van der Waals surface area contributed by atoms with E-state index < -0.39 is 19.7 Å². The van der Waals surface area contributed by atoms with Crippen LogP contribution in [0.15, 0.2) is 65.0 Å². The Balaban J connectivity index is 1.82. The second-order valence-corrected chi connectivity index (χ2v) is 10.4. The van der Waals surface area contributed by atoms with Crippen molar-refractivity contribution in [2.45, 2.75) is 9.92 Å². The van der Waals surface area contributed by atoms with Crippen molar-refractivity contribution in [3.8, 4) is 22.5 Å². The van der Waals surface area contributed by atoms with Crippen molar-refractivity contribution in [1.82, 2.24) is 24.6 Å². The molecule has 11 heteroatoms. The van der Waals surface area contributed by atoms with Crippen LogP contribution in [-0.4, -0.2) is 53.9 Å². The predicted molar refractivity (Wildman–Crippen MR) is 106 cm³/mol. The lowest BCUT2D eigenvalue weighted by molar-refractivity contribution is 0.597. The molecule has 0 saturated heterocycles. The molecule has 0 aliphatic carbocycles. The highest BCUT2D eigenvalue weighted by atomic mass is 32.2. The molecule has 29 heavy (non-hydrogen) atoms. The van der Waals surface area contributed by atoms with Gasteiger partial charge < -0.3 is 0 Å². The monoisotopic (exact) mass is 429 g/mol. The SMILES string of the molecule is CS(=O)(=O)c1cncc(-c2ccc3ncc(-c4ccc(S(C)(=O)=O)nc4)n3n2)c1. The van der Waals surface area contributed by atoms with Gasteiger partial charge >= 0.3 is 0 Å². The predicted octanol–water partition coefficient (Wildman–Crippen LogP) is 1.66. The highest BCUT2D eigenvalue weighted by molar-refractivity contribution is 7.91. The first kappa shape index (κ1) is 19.2. The molecule has 4 heterocycles. The van der Waals surface area contributed by atoms with Crippen LogP contribution >= 0.6 is 0 Å². The number of nitrogens with zero attached hydrogens (tertiary/aromatic N) is 5. The lowest BCUT2D eigenvalue weighted by atomic mass is 10.2. The van der Waals surface area contributed by atoms with Crippen LogP contribution < -0.4 is 0 Å². The Hall–Kier alpha value is -3.18. The molecule has 4 aromatic rings. The van der Waals surface area contributed by atoms with Gasteiger partial charge in [-0.05, 0) is 30.3 Å². The van der Waals surface area contributed by atoms with Gasteiger partial charge in [0.2, 0.25) is 0 Å². The van der Waals surface area contributed by atoms with Crippen molar-refractivity contribution >= 4 is 25.3 Å². The van der Waals surface area contributed by atoms with E-state index in [4.69, 9.17) is 0 Å². The van der Waals surface area contributed by atoms with Crippen molar-refractivity contribution in [2.75, 3.05) is 12.5 Å². The maximum absolute atomic E-state index is 11.8. The number of pyridine rings is 2. The van der Waals surface area contributed by atoms with E-state index in [2.05, 4.69) is 20.1 Å². The molecule has 0 radical (unpaired) electrons. The number of sulfone groups is 2. The van der Waals surface area contributed by atoms with Crippen LogP contribution in [-0.2, 0) is 19.7 Å². The summed E-state index contributed by atoms with van der Waals surface area (Å²) in [6, 6.07) is 8.04. The summed E-state index contributed by atoms with van der Waals surface area (Å²) in [5.41, 5.74) is 2.87. The smallest absolute Gasteiger partial charge is 0.192 e. The molecular formula is C18H15N5O4S2. The first-order valence-corrected chi connectivity index (χ1v) is 12.1. The quantitative estimate of drug-likeness (QED) is 0.480. The third-order valence-corrected chi connectivity index (χ3v) is 6.29. The fourth-order valence-electron chi connectivity index (χ4n) is 2.74. The van der Waals surface area contributed by atoms with Crippen LogP contribution in [0.2, 0.25) is 0 Å². The molecular weight excluding hydrogens is 414 g/mol. The molecule has 0 spiro atoms. The molecule has 0 atom stereocenters. The van der Waals surface area contributed by atoms with E-state index in [1.807, 2.05) is 0 Å². The van der Waals surface area contributed by atoms with Crippen molar-refractivity contribution in [3.63, 3.8) is 0 Å². The molecule has 0 aliphatic heterocycles. The fraction of sp³-hybridized carbons (Fsp3) is 0.111. The minimum atomic E-state index is -3.40. The van der Waals surface area contributed by atoms with Gasteiger partial charge in [0.25, 0.3) is 0 Å². The van der Waals surface area contributed by atoms with E-state index in [0.717, 1.165) is 12.5 Å². The number of hydrogen-bond donors (Lipinski definition) is 0. The van der Waals surface area contributed by atoms with E-state index in [1.165, 1.54) is 30.7 Å². The summed E-state index contributed by atoms with van der Waals surface area (Å²) in [6.45, 7) is 0. The fourth-order valence-corrected chi connectivity index (χ4v) is 3.89. The third kappa shape index (κ3) is 3.74. The molecule has 9 nitrogen and oxygen atoms in total. The first-order chi connectivity index (χ1) is 13.6. The molecule has 0 bridgehead atoms. The molecule has 0 N–H and O–H groups in total. The lowest BCUT2D eigenvalue weighted by Crippen LogP contribution is -2.01. The summed E-state index contributed by atoms with van der Waals surface area (Å²) >= 11 is 0. The van der Waals surface area contributed by atoms with Crippen LogP contribution in [0, 0.1) is 0 Å². The molecule has 148 valence electrons. The molecule has 0 aliphatic rings. The Morgan fingerprint density at radius 3 is 2.24 bits per heavy atom. The number of imidazole rings is 1. The molecule has 0 unspecified atom stereocenters. The molecule has 0 aromatic carbocycles. The minimum absolute atomic E-state index is 0.0209. The highest BCUT2D eigenvalue weighted by Crippen LogP contribution is 2.24. The zero-order valence-corrected chi connectivity index (χ0v) is 17.0. The number of aromatic nitrogens is 5. The number of hydrogen-bond acceptors (Lipinski definition) is 8. The van der Waals surface area contributed by atoms with Gasteiger partial charge in [-0.15, -0.1) is 0 Å². The average molecular weight is 429 g/mol. The van der Waals surface area contributed by atoms with Gasteiger partial charge in [0.15, 0.2) is 30.3 Å². The van der Waals surface area contributed by atoms with E-state index in [9.17, 15) is 16.8 Å². The topological polar surface area (TPSA) is 124 Å². The first-order valence-electron chi connectivity index (χ1n) is 8.30. The summed E-state index contributed by atoms with van der Waals surface area (Å²) in [5.74, 6) is 0. The van der Waals surface area contributed by atoms with Crippen molar-refractivity contribution in [2.24, 2.45) is 0 Å². The van der Waals surface area contributed by atoms with E-state index in [-0.39, 0.29) is 9.92 Å². The van der Waals surface area contributed by atoms with Gasteiger partial charge in [0.05, 0.1) is 22.5 Å². The summed E-state index contributed by atoms with van der Waals surface area (Å²) < 4.78 is 48.4. The zero-order valence-electron chi connectivity index (χ0n) is 15.4. The van der Waals surface area contributed by atoms with Crippen molar-refractivity contribution in [1.29, 1.82) is 0 Å². The second-order valence-electron chi connectivity index (χ2n) is 6.47. The van der Waals surface area contributed by atoms with Crippen LogP contribution in [0.3, 0.4) is 0 Å². The Morgan fingerprint density at radius 1 is 0.793 bits per heavy atom. The number of rotatable bonds is 4. The van der Waals surface area contributed by atoms with Gasteiger partial charge in [-0.3, -0.25) is 4.98 Å². The van der Waals surface area contributed by atoms with E-state index in [0.29, 0.717) is 28.2 Å². The summed E-state index contributed by atoms with van der Waals surface area (Å²) in [7, 11) is -6.79. The van der Waals surface area contributed by atoms with Crippen LogP contribution in [0.1, 0.15) is 0 Å². The average Bonchev–Trinajstić information content (AvgIpc) is 3.10. The van der Waals surface area contributed by atoms with Gasteiger partial charge in [-0.1, -0.05) is 0 Å². The Bertz CT molecular complexity index is 1440. The van der Waals surface area contributed by atoms with Gasteiger partial charge in [0, 0.05) is 42.2 Å².